The number of nitrogens with zero attached hydrogens (tertiary/aromatic N) is 2. The van der Waals surface area contributed by atoms with Crippen molar-refractivity contribution in [1.82, 2.24) is 10.1 Å². The molecule has 1 atom stereocenters. The Hall–Kier alpha value is -0.900. The van der Waals surface area contributed by atoms with Gasteiger partial charge in [-0.3, -0.25) is 0 Å². The van der Waals surface area contributed by atoms with Crippen LogP contribution < -0.4 is 5.73 Å². The third-order valence-corrected chi connectivity index (χ3v) is 4.39. The van der Waals surface area contributed by atoms with Crippen LogP contribution in [0.3, 0.4) is 0 Å². The molecule has 1 saturated carbocycles. The molecule has 1 aromatic rings. The summed E-state index contributed by atoms with van der Waals surface area (Å²) in [7, 11) is 0. The molecule has 4 nitrogen and oxygen atoms in total. The van der Waals surface area contributed by atoms with Crippen LogP contribution >= 0.6 is 0 Å². The molecule has 1 unspecified atom stereocenters. The molecule has 0 aliphatic heterocycles. The average molecular weight is 293 g/mol. The van der Waals surface area contributed by atoms with Gasteiger partial charge in [-0.2, -0.15) is 4.98 Å². The van der Waals surface area contributed by atoms with Crippen LogP contribution in [0.5, 0.6) is 0 Å². The molecule has 0 amide bonds. The normalized spacial score (nSPS) is 21.0. The van der Waals surface area contributed by atoms with Crippen LogP contribution in [0.25, 0.3) is 0 Å². The third kappa shape index (κ3) is 4.80. The van der Waals surface area contributed by atoms with Gasteiger partial charge in [-0.05, 0) is 30.6 Å². The van der Waals surface area contributed by atoms with Crippen molar-refractivity contribution in [1.29, 1.82) is 0 Å². The van der Waals surface area contributed by atoms with E-state index in [-0.39, 0.29) is 5.54 Å². The molecule has 1 heterocycles. The Bertz CT molecular complexity index is 439. The molecule has 1 aliphatic carbocycles. The second-order valence-electron chi connectivity index (χ2n) is 8.16. The summed E-state index contributed by atoms with van der Waals surface area (Å²) in [5.41, 5.74) is 6.50. The van der Waals surface area contributed by atoms with Crippen LogP contribution in [-0.2, 0) is 12.0 Å². The van der Waals surface area contributed by atoms with Gasteiger partial charge in [0.25, 0.3) is 0 Å². The smallest absolute Gasteiger partial charge is 0.226 e. The van der Waals surface area contributed by atoms with Crippen molar-refractivity contribution in [2.45, 2.75) is 84.6 Å². The molecule has 0 bridgehead atoms. The Morgan fingerprint density at radius 2 is 1.81 bits per heavy atom. The Balaban J connectivity index is 2.00. The maximum absolute atomic E-state index is 6.54. The SMILES string of the molecule is CC(Cc1nc(C2(N)CCCCCC2)no1)CC(C)(C)C. The second kappa shape index (κ2) is 6.47. The van der Waals surface area contributed by atoms with E-state index in [2.05, 4.69) is 37.8 Å². The van der Waals surface area contributed by atoms with Crippen molar-refractivity contribution < 1.29 is 4.52 Å². The summed E-state index contributed by atoms with van der Waals surface area (Å²) in [6.07, 6.45) is 8.83. The van der Waals surface area contributed by atoms with Crippen molar-refractivity contribution in [3.8, 4) is 0 Å². The molecule has 1 aliphatic rings. The lowest BCUT2D eigenvalue weighted by atomic mass is 9.84. The van der Waals surface area contributed by atoms with E-state index in [4.69, 9.17) is 10.3 Å². The zero-order valence-electron chi connectivity index (χ0n) is 14.1. The van der Waals surface area contributed by atoms with Crippen LogP contribution in [0.4, 0.5) is 0 Å². The van der Waals surface area contributed by atoms with Gasteiger partial charge in [-0.1, -0.05) is 58.5 Å². The van der Waals surface area contributed by atoms with Crippen LogP contribution in [0.15, 0.2) is 4.52 Å². The van der Waals surface area contributed by atoms with E-state index in [0.29, 0.717) is 11.3 Å². The molecule has 0 spiro atoms. The number of nitrogens with two attached hydrogens (primary N) is 1. The highest BCUT2D eigenvalue weighted by atomic mass is 16.5. The number of hydrogen-bond acceptors (Lipinski definition) is 4. The first-order chi connectivity index (χ1) is 9.78. The summed E-state index contributed by atoms with van der Waals surface area (Å²) in [6, 6.07) is 0. The highest BCUT2D eigenvalue weighted by Gasteiger charge is 2.33. The second-order valence-corrected chi connectivity index (χ2v) is 8.16. The third-order valence-electron chi connectivity index (χ3n) is 4.39. The van der Waals surface area contributed by atoms with Crippen LogP contribution in [0.1, 0.15) is 84.4 Å². The fraction of sp³-hybridized carbons (Fsp3) is 0.882. The van der Waals surface area contributed by atoms with Crippen LogP contribution in [0, 0.1) is 11.3 Å². The highest BCUT2D eigenvalue weighted by Crippen LogP contribution is 2.32. The minimum absolute atomic E-state index is 0.332. The average Bonchev–Trinajstić information content (AvgIpc) is 2.69. The first-order valence-electron chi connectivity index (χ1n) is 8.40. The quantitative estimate of drug-likeness (QED) is 0.845. The lowest BCUT2D eigenvalue weighted by Crippen LogP contribution is -2.37. The fourth-order valence-electron chi connectivity index (χ4n) is 3.54. The molecule has 1 fully saturated rings. The topological polar surface area (TPSA) is 64.9 Å². The van der Waals surface area contributed by atoms with Gasteiger partial charge in [-0.25, -0.2) is 0 Å². The predicted octanol–water partition coefficient (Wildman–Crippen LogP) is 4.19. The predicted molar refractivity (Wildman–Crippen MR) is 84.8 cm³/mol. The van der Waals surface area contributed by atoms with E-state index in [1.165, 1.54) is 25.7 Å². The number of hydrogen-bond donors (Lipinski definition) is 1. The van der Waals surface area contributed by atoms with E-state index in [9.17, 15) is 0 Å². The Kier molecular flexibility index (Phi) is 5.07. The van der Waals surface area contributed by atoms with Gasteiger partial charge in [0, 0.05) is 6.42 Å². The van der Waals surface area contributed by atoms with Gasteiger partial charge < -0.3 is 10.3 Å². The minimum Gasteiger partial charge on any atom is -0.339 e. The first kappa shape index (κ1) is 16.5. The van der Waals surface area contributed by atoms with Gasteiger partial charge in [-0.15, -0.1) is 0 Å². The van der Waals surface area contributed by atoms with Gasteiger partial charge in [0.1, 0.15) is 0 Å². The zero-order chi connectivity index (χ0) is 15.5. The largest absolute Gasteiger partial charge is 0.339 e. The standard InChI is InChI=1S/C17H31N3O/c1-13(12-16(2,3)4)11-14-19-15(20-21-14)17(18)9-7-5-6-8-10-17/h13H,5-12,18H2,1-4H3. The molecule has 4 heteroatoms. The summed E-state index contributed by atoms with van der Waals surface area (Å²) in [4.78, 5) is 4.61. The number of rotatable bonds is 4. The van der Waals surface area contributed by atoms with Crippen molar-refractivity contribution in [2.24, 2.45) is 17.1 Å². The van der Waals surface area contributed by atoms with E-state index in [1.807, 2.05) is 0 Å². The summed E-state index contributed by atoms with van der Waals surface area (Å²) < 4.78 is 5.47. The molecule has 0 radical (unpaired) electrons. The molecule has 1 aromatic heterocycles. The molecule has 120 valence electrons. The molecule has 2 rings (SSSR count). The maximum atomic E-state index is 6.54. The van der Waals surface area contributed by atoms with Crippen molar-refractivity contribution in [2.75, 3.05) is 0 Å². The van der Waals surface area contributed by atoms with Crippen molar-refractivity contribution in [3.63, 3.8) is 0 Å². The van der Waals surface area contributed by atoms with Crippen molar-refractivity contribution in [3.05, 3.63) is 11.7 Å². The molecular formula is C17H31N3O. The summed E-state index contributed by atoms with van der Waals surface area (Å²) in [5, 5.41) is 4.19. The highest BCUT2D eigenvalue weighted by molar-refractivity contribution is 5.05. The van der Waals surface area contributed by atoms with Gasteiger partial charge in [0.2, 0.25) is 5.89 Å². The summed E-state index contributed by atoms with van der Waals surface area (Å²) in [6.45, 7) is 9.05. The van der Waals surface area contributed by atoms with E-state index >= 15 is 0 Å². The molecule has 2 N–H and O–H groups in total. The van der Waals surface area contributed by atoms with Gasteiger partial charge in [0.05, 0.1) is 5.54 Å². The Morgan fingerprint density at radius 1 is 1.19 bits per heavy atom. The van der Waals surface area contributed by atoms with E-state index < -0.39 is 0 Å². The van der Waals surface area contributed by atoms with Gasteiger partial charge in [0.15, 0.2) is 5.82 Å². The molecule has 0 aromatic carbocycles. The molecule has 0 saturated heterocycles. The summed E-state index contributed by atoms with van der Waals surface area (Å²) >= 11 is 0. The van der Waals surface area contributed by atoms with Crippen LogP contribution in [-0.4, -0.2) is 10.1 Å². The molecule has 21 heavy (non-hydrogen) atoms. The van der Waals surface area contributed by atoms with E-state index in [0.717, 1.165) is 37.4 Å². The van der Waals surface area contributed by atoms with E-state index in [1.54, 1.807) is 0 Å². The first-order valence-corrected chi connectivity index (χ1v) is 8.40. The minimum atomic E-state index is -0.370. The lowest BCUT2D eigenvalue weighted by Gasteiger charge is -2.23. The molecular weight excluding hydrogens is 262 g/mol. The summed E-state index contributed by atoms with van der Waals surface area (Å²) in [5.74, 6) is 2.01. The van der Waals surface area contributed by atoms with Gasteiger partial charge >= 0.3 is 0 Å². The monoisotopic (exact) mass is 293 g/mol. The van der Waals surface area contributed by atoms with Crippen LogP contribution in [0.2, 0.25) is 0 Å². The Morgan fingerprint density at radius 3 is 2.38 bits per heavy atom. The lowest BCUT2D eigenvalue weighted by molar-refractivity contribution is 0.279. The zero-order valence-corrected chi connectivity index (χ0v) is 14.1. The maximum Gasteiger partial charge on any atom is 0.226 e. The Labute approximate surface area is 128 Å². The van der Waals surface area contributed by atoms with Crippen molar-refractivity contribution >= 4 is 0 Å². The number of aromatic nitrogens is 2. The fourth-order valence-corrected chi connectivity index (χ4v) is 3.54.